The number of rotatable bonds is 7. The lowest BCUT2D eigenvalue weighted by Gasteiger charge is -2.48. The maximum absolute atomic E-state index is 15.9. The second-order valence-electron chi connectivity index (χ2n) is 8.36. The minimum absolute atomic E-state index is 0.00828. The molecule has 0 radical (unpaired) electrons. The van der Waals surface area contributed by atoms with Crippen molar-refractivity contribution in [3.63, 3.8) is 0 Å². The topological polar surface area (TPSA) is 46.2 Å². The van der Waals surface area contributed by atoms with Gasteiger partial charge in [-0.3, -0.25) is 0 Å². The highest BCUT2D eigenvalue weighted by Crippen LogP contribution is 2.44. The van der Waals surface area contributed by atoms with E-state index in [0.717, 1.165) is 11.1 Å². The molecule has 0 spiro atoms. The summed E-state index contributed by atoms with van der Waals surface area (Å²) < 4.78 is 60.8. The van der Waals surface area contributed by atoms with Crippen LogP contribution in [-0.4, -0.2) is 37.1 Å². The average molecular weight is 468 g/mol. The second kappa shape index (κ2) is 10.3. The summed E-state index contributed by atoms with van der Waals surface area (Å²) in [6.07, 6.45) is -6.39. The number of alkyl halides is 2. The van der Waals surface area contributed by atoms with Crippen molar-refractivity contribution in [3.8, 4) is 0 Å². The molecule has 5 rings (SSSR count). The summed E-state index contributed by atoms with van der Waals surface area (Å²) in [6.45, 7) is 0.0561. The lowest BCUT2D eigenvalue weighted by Crippen LogP contribution is -2.66. The summed E-state index contributed by atoms with van der Waals surface area (Å²) in [5, 5.41) is 0. The first-order valence-corrected chi connectivity index (χ1v) is 11.3. The van der Waals surface area contributed by atoms with Gasteiger partial charge < -0.3 is 23.7 Å². The van der Waals surface area contributed by atoms with Crippen LogP contribution in [0.15, 0.2) is 91.0 Å². The molecule has 0 aliphatic carbocycles. The molecular formula is C27H26F2O5. The van der Waals surface area contributed by atoms with Crippen LogP contribution in [-0.2, 0) is 36.9 Å². The van der Waals surface area contributed by atoms with E-state index in [2.05, 4.69) is 0 Å². The molecule has 2 saturated heterocycles. The van der Waals surface area contributed by atoms with Crippen LogP contribution in [0.2, 0.25) is 0 Å². The molecule has 0 unspecified atom stereocenters. The van der Waals surface area contributed by atoms with Crippen LogP contribution in [0.25, 0.3) is 0 Å². The summed E-state index contributed by atoms with van der Waals surface area (Å²) in [5.41, 5.74) is 2.29. The van der Waals surface area contributed by atoms with Crippen LogP contribution in [0.3, 0.4) is 0 Å². The van der Waals surface area contributed by atoms with Crippen LogP contribution < -0.4 is 0 Å². The fourth-order valence-corrected chi connectivity index (χ4v) is 4.18. The van der Waals surface area contributed by atoms with E-state index in [0.29, 0.717) is 5.56 Å². The fraction of sp³-hybridized carbons (Fsp3) is 0.333. The molecule has 3 aromatic rings. The molecule has 3 aromatic carbocycles. The first-order chi connectivity index (χ1) is 16.6. The zero-order valence-corrected chi connectivity index (χ0v) is 18.5. The van der Waals surface area contributed by atoms with Crippen LogP contribution >= 0.6 is 0 Å². The van der Waals surface area contributed by atoms with Gasteiger partial charge in [-0.05, 0) is 11.1 Å². The molecule has 7 heteroatoms. The maximum atomic E-state index is 15.9. The van der Waals surface area contributed by atoms with Crippen LogP contribution in [0, 0.1) is 0 Å². The number of halogens is 2. The Kier molecular flexibility index (Phi) is 6.99. The van der Waals surface area contributed by atoms with E-state index in [4.69, 9.17) is 23.7 Å². The van der Waals surface area contributed by atoms with E-state index in [9.17, 15) is 0 Å². The number of hydrogen-bond acceptors (Lipinski definition) is 5. The summed E-state index contributed by atoms with van der Waals surface area (Å²) in [6, 6.07) is 27.5. The van der Waals surface area contributed by atoms with Gasteiger partial charge in [0.05, 0.1) is 19.8 Å². The summed E-state index contributed by atoms with van der Waals surface area (Å²) in [4.78, 5) is 0. The lowest BCUT2D eigenvalue weighted by atomic mass is 9.96. The number of fused-ring (bicyclic) bond motifs is 1. The summed E-state index contributed by atoms with van der Waals surface area (Å²) in [5.74, 6) is -3.38. The van der Waals surface area contributed by atoms with Gasteiger partial charge >= 0.3 is 5.92 Å². The normalized spacial score (nSPS) is 28.2. The smallest absolute Gasteiger partial charge is 0.307 e. The van der Waals surface area contributed by atoms with Crippen molar-refractivity contribution in [3.05, 3.63) is 108 Å². The third-order valence-electron chi connectivity index (χ3n) is 5.94. The van der Waals surface area contributed by atoms with Crippen LogP contribution in [0.4, 0.5) is 8.78 Å². The monoisotopic (exact) mass is 468 g/mol. The first-order valence-electron chi connectivity index (χ1n) is 11.3. The van der Waals surface area contributed by atoms with Gasteiger partial charge in [-0.15, -0.1) is 0 Å². The Bertz CT molecular complexity index is 1030. The Morgan fingerprint density at radius 2 is 1.29 bits per heavy atom. The van der Waals surface area contributed by atoms with Gasteiger partial charge in [0.15, 0.2) is 24.8 Å². The molecule has 0 N–H and O–H groups in total. The van der Waals surface area contributed by atoms with Crippen molar-refractivity contribution in [2.24, 2.45) is 0 Å². The van der Waals surface area contributed by atoms with E-state index in [1.165, 1.54) is 0 Å². The Hall–Kier alpha value is -2.68. The van der Waals surface area contributed by atoms with Gasteiger partial charge in [0.1, 0.15) is 6.10 Å². The van der Waals surface area contributed by atoms with Gasteiger partial charge in [-0.1, -0.05) is 91.0 Å². The Balaban J connectivity index is 1.36. The van der Waals surface area contributed by atoms with E-state index < -0.39 is 36.8 Å². The molecule has 2 fully saturated rings. The predicted octanol–water partition coefficient (Wildman–Crippen LogP) is 5.26. The predicted molar refractivity (Wildman–Crippen MR) is 120 cm³/mol. The zero-order chi connectivity index (χ0) is 23.4. The van der Waals surface area contributed by atoms with E-state index in [1.807, 2.05) is 78.9 Å². The minimum atomic E-state index is -3.38. The van der Waals surface area contributed by atoms with Crippen molar-refractivity contribution in [1.29, 1.82) is 0 Å². The van der Waals surface area contributed by atoms with Crippen LogP contribution in [0.5, 0.6) is 0 Å². The van der Waals surface area contributed by atoms with Gasteiger partial charge in [0.2, 0.25) is 0 Å². The van der Waals surface area contributed by atoms with Gasteiger partial charge in [-0.2, -0.15) is 0 Å². The zero-order valence-electron chi connectivity index (χ0n) is 18.5. The molecule has 0 saturated carbocycles. The van der Waals surface area contributed by atoms with Crippen molar-refractivity contribution in [2.75, 3.05) is 6.61 Å². The van der Waals surface area contributed by atoms with Crippen molar-refractivity contribution >= 4 is 0 Å². The number of benzene rings is 3. The standard InChI is InChI=1S/C27H26F2O5/c28-27(29)23-22(18-32-25(34-23)21-14-8-3-9-15-21)33-26(31-17-20-12-6-2-7-13-20)24(27)30-16-19-10-4-1-5-11-19/h1-15,22-26H,16-18H2/t22-,23-,24+,25-,26+/m1/s1. The molecule has 0 amide bonds. The largest absolute Gasteiger partial charge is 0.362 e. The molecule has 34 heavy (non-hydrogen) atoms. The highest BCUT2D eigenvalue weighted by Gasteiger charge is 2.62. The van der Waals surface area contributed by atoms with E-state index in [-0.39, 0.29) is 19.8 Å². The molecule has 2 heterocycles. The lowest BCUT2D eigenvalue weighted by molar-refractivity contribution is -0.404. The number of hydrogen-bond donors (Lipinski definition) is 0. The number of ether oxygens (including phenoxy) is 5. The Morgan fingerprint density at radius 3 is 1.91 bits per heavy atom. The quantitative estimate of drug-likeness (QED) is 0.473. The van der Waals surface area contributed by atoms with Crippen LogP contribution in [0.1, 0.15) is 23.0 Å². The van der Waals surface area contributed by atoms with Crippen molar-refractivity contribution < 1.29 is 32.5 Å². The highest BCUT2D eigenvalue weighted by atomic mass is 19.3. The van der Waals surface area contributed by atoms with Crippen molar-refractivity contribution in [2.45, 2.75) is 50.0 Å². The van der Waals surface area contributed by atoms with Gasteiger partial charge in [0, 0.05) is 5.56 Å². The molecule has 2 aliphatic rings. The molecule has 0 aromatic heterocycles. The van der Waals surface area contributed by atoms with E-state index in [1.54, 1.807) is 12.1 Å². The molecule has 0 bridgehead atoms. The third kappa shape index (κ3) is 5.04. The average Bonchev–Trinajstić information content (AvgIpc) is 2.88. The molecule has 178 valence electrons. The van der Waals surface area contributed by atoms with Crippen molar-refractivity contribution in [1.82, 2.24) is 0 Å². The Morgan fingerprint density at radius 1 is 0.735 bits per heavy atom. The van der Waals surface area contributed by atoms with Gasteiger partial charge in [0.25, 0.3) is 0 Å². The summed E-state index contributed by atoms with van der Waals surface area (Å²) >= 11 is 0. The minimum Gasteiger partial charge on any atom is -0.362 e. The van der Waals surface area contributed by atoms with Gasteiger partial charge in [-0.25, -0.2) is 8.78 Å². The highest BCUT2D eigenvalue weighted by molar-refractivity contribution is 5.17. The maximum Gasteiger partial charge on any atom is 0.307 e. The second-order valence-corrected chi connectivity index (χ2v) is 8.36. The Labute approximate surface area is 197 Å². The first kappa shape index (κ1) is 23.1. The fourth-order valence-electron chi connectivity index (χ4n) is 4.18. The molecule has 5 atom stereocenters. The molecular weight excluding hydrogens is 442 g/mol. The molecule has 2 aliphatic heterocycles. The van der Waals surface area contributed by atoms with E-state index >= 15 is 8.78 Å². The summed E-state index contributed by atoms with van der Waals surface area (Å²) in [7, 11) is 0. The molecule has 5 nitrogen and oxygen atoms in total. The third-order valence-corrected chi connectivity index (χ3v) is 5.94. The SMILES string of the molecule is FC1(F)[C@@H]2O[C@H](c3ccccc3)OC[C@H]2O[C@H](OCc2ccccc2)[C@@H]1OCc1ccccc1.